The lowest BCUT2D eigenvalue weighted by molar-refractivity contribution is 0.122. The molecule has 0 amide bonds. The van der Waals surface area contributed by atoms with Gasteiger partial charge in [-0.15, -0.1) is 0 Å². The zero-order valence-corrected chi connectivity index (χ0v) is 83.2. The van der Waals surface area contributed by atoms with Gasteiger partial charge in [-0.05, 0) is 282 Å². The molecule has 2 aliphatic carbocycles. The molecule has 12 aliphatic rings. The van der Waals surface area contributed by atoms with Crippen LogP contribution in [0, 0.1) is 12.8 Å². The van der Waals surface area contributed by atoms with Gasteiger partial charge in [0, 0.05) is 150 Å². The first-order valence-corrected chi connectivity index (χ1v) is 53.2. The molecule has 33 heteroatoms. The second-order valence-electron chi connectivity index (χ2n) is 39.7. The first-order chi connectivity index (χ1) is 66.4. The lowest BCUT2D eigenvalue weighted by Crippen LogP contribution is -2.44. The van der Waals surface area contributed by atoms with Crippen molar-refractivity contribution >= 4 is 83.4 Å². The van der Waals surface area contributed by atoms with Gasteiger partial charge in [0.05, 0.1) is 107 Å². The van der Waals surface area contributed by atoms with Gasteiger partial charge >= 0.3 is 0 Å². The number of aliphatic imine (C=N–C) groups is 1. The van der Waals surface area contributed by atoms with Crippen molar-refractivity contribution in [3.63, 3.8) is 0 Å². The lowest BCUT2D eigenvalue weighted by atomic mass is 9.64. The smallest absolute Gasteiger partial charge is 0.228 e. The molecule has 4 aromatic carbocycles. The van der Waals surface area contributed by atoms with Crippen LogP contribution < -0.4 is 69.4 Å². The molecule has 32 nitrogen and oxygen atoms in total. The van der Waals surface area contributed by atoms with E-state index in [2.05, 4.69) is 87.1 Å². The number of hydrogen-bond acceptors (Lipinski definition) is 32. The monoisotopic (exact) mass is 1890 g/mol. The van der Waals surface area contributed by atoms with Gasteiger partial charge < -0.3 is 113 Å². The van der Waals surface area contributed by atoms with Crippen LogP contribution in [0.5, 0.6) is 46.0 Å². The van der Waals surface area contributed by atoms with Crippen LogP contribution >= 0.6 is 0 Å². The molecule has 2 saturated carbocycles. The number of amidine groups is 1. The number of nitrogens with zero attached hydrogens (tertiary/aromatic N) is 16. The van der Waals surface area contributed by atoms with Crippen LogP contribution in [0.2, 0.25) is 0 Å². The van der Waals surface area contributed by atoms with Crippen LogP contribution in [0.1, 0.15) is 173 Å². The standard InChI is InChI=1S/C28H42N6O4S.C28H44N6O3.C28H39N5O3.C19H27N3O2/c1-37-25-19-23-24(20-26(25)38-16-4-11-32-9-2-3-10-32)30-28(34-14-17-39(35,36)18-15-34)31-27(23)29-21-7-12-33(13-8-21)22-5-6-22;1-21(2)33-12-7-22(8-13-33)29-27-23-19-25(35-3)26(37-16-6-11-32-9-4-5-10-32)20-24(23)30-28(31-27)34-14-17-36-18-15-34;1-20-7-8-24(36-20)28-30-23-18-26(35-16-6-13-33-11-4-5-12-33)25(34-3)17-22(23)27(31-28)29-19-21-9-14-32(2)15-10-21;1-23-16-12-14-15(21-18(20)19(14)6-4-7-19)13-17(16)24-11-5-10-22-8-2-3-9-22/h19-22H,2-18H2,1H3,(H,29,30,31);19-22H,4-18H2,1-3H3,(H,29,30,31);7-8,17-18,21H,4-6,9-16,19H2,1-3H3,(H,29,30,31);12-13H,2-11H2,1H3,(H2,20,21). The molecule has 5 N–H and O–H groups in total. The number of rotatable bonds is 36. The van der Waals surface area contributed by atoms with Crippen LogP contribution in [0.15, 0.2) is 70.1 Å². The number of aryl methyl sites for hydroxylation is 1. The summed E-state index contributed by atoms with van der Waals surface area (Å²) in [7, 11) is 5.95. The molecule has 9 saturated heterocycles. The van der Waals surface area contributed by atoms with E-state index in [1.807, 2.05) is 66.4 Å². The maximum absolute atomic E-state index is 12.1. The maximum Gasteiger partial charge on any atom is 0.228 e. The zero-order chi connectivity index (χ0) is 93.9. The number of sulfone groups is 1. The highest BCUT2D eigenvalue weighted by atomic mass is 32.2. The molecular formula is C103H152N20O12S. The Bertz CT molecular complexity index is 5340. The van der Waals surface area contributed by atoms with E-state index < -0.39 is 9.84 Å². The summed E-state index contributed by atoms with van der Waals surface area (Å²) >= 11 is 0. The first-order valence-electron chi connectivity index (χ1n) is 51.4. The van der Waals surface area contributed by atoms with Gasteiger partial charge in [0.25, 0.3) is 0 Å². The van der Waals surface area contributed by atoms with Crippen LogP contribution in [0.3, 0.4) is 0 Å². The molecule has 11 fully saturated rings. The van der Waals surface area contributed by atoms with E-state index in [9.17, 15) is 8.42 Å². The van der Waals surface area contributed by atoms with E-state index in [-0.39, 0.29) is 16.9 Å². The maximum atomic E-state index is 12.1. The van der Waals surface area contributed by atoms with Gasteiger partial charge in [0.15, 0.2) is 67.4 Å². The van der Waals surface area contributed by atoms with E-state index in [0.717, 1.165) is 252 Å². The molecule has 136 heavy (non-hydrogen) atoms. The summed E-state index contributed by atoms with van der Waals surface area (Å²) in [4.78, 5) is 56.0. The Balaban J connectivity index is 0.000000127. The van der Waals surface area contributed by atoms with E-state index >= 15 is 0 Å². The average molecular weight is 1890 g/mol. The van der Waals surface area contributed by atoms with E-state index in [0.29, 0.717) is 117 Å². The molecule has 0 atom stereocenters. The van der Waals surface area contributed by atoms with Crippen molar-refractivity contribution in [2.45, 2.75) is 198 Å². The Morgan fingerprint density at radius 3 is 1.33 bits per heavy atom. The predicted octanol–water partition coefficient (Wildman–Crippen LogP) is 14.2. The minimum absolute atomic E-state index is 0.0309. The summed E-state index contributed by atoms with van der Waals surface area (Å²) < 4.78 is 83.0. The number of anilines is 5. The molecule has 4 aromatic heterocycles. The molecule has 742 valence electrons. The van der Waals surface area contributed by atoms with Gasteiger partial charge in [0.1, 0.15) is 29.0 Å². The molecule has 14 heterocycles. The van der Waals surface area contributed by atoms with Gasteiger partial charge in [-0.3, -0.25) is 0 Å². The number of morpholine rings is 1. The number of likely N-dealkylation sites (tertiary alicyclic amines) is 7. The van der Waals surface area contributed by atoms with E-state index in [1.165, 1.54) is 141 Å². The molecule has 0 bridgehead atoms. The molecule has 10 aliphatic heterocycles. The predicted molar refractivity (Wildman–Crippen MR) is 541 cm³/mol. The third-order valence-corrected chi connectivity index (χ3v) is 31.4. The number of methoxy groups -OCH3 is 4. The Labute approximate surface area is 805 Å². The highest BCUT2D eigenvalue weighted by Gasteiger charge is 2.48. The number of ether oxygens (including phenoxy) is 9. The topological polar surface area (TPSA) is 311 Å². The van der Waals surface area contributed by atoms with Crippen molar-refractivity contribution in [2.75, 3.05) is 263 Å². The van der Waals surface area contributed by atoms with E-state index in [1.54, 1.807) is 28.4 Å². The van der Waals surface area contributed by atoms with Crippen molar-refractivity contribution in [1.29, 1.82) is 0 Å². The quantitative estimate of drug-likeness (QED) is 0.0265. The second-order valence-corrected chi connectivity index (χ2v) is 42.0. The SMILES string of the molecule is COc1cc2c(NC3CCN(C(C)C)CC3)nc(N3CCOCC3)nc2cc1OCCCN1CCCC1.COc1cc2c(NC3CCN(C4CC4)CC3)nc(N3CCS(=O)(=O)CC3)nc2cc1OCCCN1CCCC1.COc1cc2c(NCC3CCN(C)CC3)nc(-c3ccc(C)o3)nc2cc1OCCCN1CCCC1.COc1cc2c(cc1OCCCN1CCCC1)N=C(N)C21CCC1. The molecule has 0 unspecified atom stereocenters. The summed E-state index contributed by atoms with van der Waals surface area (Å²) in [6.07, 6.45) is 27.3. The van der Waals surface area contributed by atoms with Crippen LogP contribution in [0.4, 0.5) is 35.0 Å². The molecule has 0 radical (unpaired) electrons. The van der Waals surface area contributed by atoms with Crippen LogP contribution in [0.25, 0.3) is 44.3 Å². The first kappa shape index (κ1) is 98.3. The number of hydrogen-bond donors (Lipinski definition) is 4. The fourth-order valence-electron chi connectivity index (χ4n) is 21.1. The Hall–Kier alpha value is -9.32. The Kier molecular flexibility index (Phi) is 34.0. The van der Waals surface area contributed by atoms with Crippen molar-refractivity contribution in [3.05, 3.63) is 72.0 Å². The van der Waals surface area contributed by atoms with Crippen LogP contribution in [-0.2, 0) is 20.0 Å². The van der Waals surface area contributed by atoms with Crippen molar-refractivity contribution in [3.8, 4) is 57.6 Å². The summed E-state index contributed by atoms with van der Waals surface area (Å²) in [5.41, 5.74) is 10.8. The summed E-state index contributed by atoms with van der Waals surface area (Å²) in [6.45, 7) is 34.5. The summed E-state index contributed by atoms with van der Waals surface area (Å²) in [5, 5.41) is 13.9. The molecule has 1 spiro atoms. The van der Waals surface area contributed by atoms with Crippen molar-refractivity contribution in [2.24, 2.45) is 16.6 Å². The van der Waals surface area contributed by atoms with Crippen molar-refractivity contribution < 1.29 is 55.5 Å². The van der Waals surface area contributed by atoms with Gasteiger partial charge in [-0.25, -0.2) is 33.3 Å². The minimum atomic E-state index is -3.00. The minimum Gasteiger partial charge on any atom is -0.493 e. The lowest BCUT2D eigenvalue weighted by Gasteiger charge is -2.38. The average Bonchev–Trinajstić information content (AvgIpc) is 1.56. The van der Waals surface area contributed by atoms with E-state index in [4.69, 9.17) is 82.7 Å². The summed E-state index contributed by atoms with van der Waals surface area (Å²) in [5.74, 6) is 13.4. The number of aromatic nitrogens is 6. The fraction of sp³-hybridized carbons (Fsp3) is 0.660. The highest BCUT2D eigenvalue weighted by Crippen LogP contribution is 2.54. The van der Waals surface area contributed by atoms with Gasteiger partial charge in [0.2, 0.25) is 11.9 Å². The van der Waals surface area contributed by atoms with Gasteiger partial charge in [-0.1, -0.05) is 6.42 Å². The van der Waals surface area contributed by atoms with Crippen LogP contribution in [-0.4, -0.2) is 340 Å². The number of benzene rings is 4. The number of nitrogens with two attached hydrogens (primary N) is 1. The van der Waals surface area contributed by atoms with Crippen molar-refractivity contribution in [1.82, 2.24) is 64.2 Å². The molecule has 8 aromatic rings. The number of piperidine rings is 3. The zero-order valence-electron chi connectivity index (χ0n) is 82.4. The second kappa shape index (κ2) is 47.1. The number of furan rings is 1. The summed E-state index contributed by atoms with van der Waals surface area (Å²) in [6, 6.07) is 22.1. The normalized spacial score (nSPS) is 20.5. The Morgan fingerprint density at radius 1 is 0.471 bits per heavy atom. The molecular weight excluding hydrogens is 1740 g/mol. The molecule has 20 rings (SSSR count). The fourth-order valence-corrected chi connectivity index (χ4v) is 22.3. The number of nitrogens with one attached hydrogen (secondary N) is 3. The highest BCUT2D eigenvalue weighted by molar-refractivity contribution is 7.91. The van der Waals surface area contributed by atoms with Gasteiger partial charge in [-0.2, -0.15) is 9.97 Å². The Morgan fingerprint density at radius 2 is 0.904 bits per heavy atom. The largest absolute Gasteiger partial charge is 0.493 e. The number of fused-ring (bicyclic) bond motifs is 5. The third kappa shape index (κ3) is 25.5. The third-order valence-electron chi connectivity index (χ3n) is 29.8.